The van der Waals surface area contributed by atoms with Crippen molar-refractivity contribution < 1.29 is 14.4 Å². The standard InChI is InChI=1S/C15H21N5O3/c1-19(2)14(22)9-17-15(23)18-11-3-5-12(6-4-11)20-8-7-16-13(21)10-20/h3-6H,7-10H2,1-2H3,(H,16,21)(H2,17,18,23). The summed E-state index contributed by atoms with van der Waals surface area (Å²) in [7, 11) is 3.25. The maximum absolute atomic E-state index is 11.7. The molecule has 0 spiro atoms. The molecule has 0 bridgehead atoms. The van der Waals surface area contributed by atoms with Crippen molar-refractivity contribution in [1.29, 1.82) is 0 Å². The molecule has 1 saturated heterocycles. The number of piperazine rings is 1. The number of amides is 4. The van der Waals surface area contributed by atoms with Crippen LogP contribution in [0, 0.1) is 0 Å². The van der Waals surface area contributed by atoms with Gasteiger partial charge >= 0.3 is 6.03 Å². The Labute approximate surface area is 134 Å². The summed E-state index contributed by atoms with van der Waals surface area (Å²) >= 11 is 0. The van der Waals surface area contributed by atoms with Gasteiger partial charge in [-0.25, -0.2) is 4.79 Å². The Bertz CT molecular complexity index is 585. The Morgan fingerprint density at radius 3 is 2.57 bits per heavy atom. The molecule has 1 aromatic rings. The van der Waals surface area contributed by atoms with Crippen LogP contribution in [0.3, 0.4) is 0 Å². The molecule has 1 heterocycles. The van der Waals surface area contributed by atoms with Crippen molar-refractivity contribution in [2.24, 2.45) is 0 Å². The van der Waals surface area contributed by atoms with Gasteiger partial charge in [0.2, 0.25) is 11.8 Å². The lowest BCUT2D eigenvalue weighted by molar-refractivity contribution is -0.127. The fourth-order valence-electron chi connectivity index (χ4n) is 2.10. The van der Waals surface area contributed by atoms with Crippen LogP contribution < -0.4 is 20.9 Å². The van der Waals surface area contributed by atoms with Crippen LogP contribution in [0.4, 0.5) is 16.2 Å². The maximum atomic E-state index is 11.7. The van der Waals surface area contributed by atoms with Gasteiger partial charge in [0.15, 0.2) is 0 Å². The number of carbonyl (C=O) groups is 3. The van der Waals surface area contributed by atoms with Crippen LogP contribution in [-0.4, -0.2) is 63.0 Å². The Kier molecular flexibility index (Phi) is 5.40. The highest BCUT2D eigenvalue weighted by atomic mass is 16.2. The van der Waals surface area contributed by atoms with E-state index in [4.69, 9.17) is 0 Å². The van der Waals surface area contributed by atoms with Crippen molar-refractivity contribution in [3.63, 3.8) is 0 Å². The second-order valence-corrected chi connectivity index (χ2v) is 5.41. The largest absolute Gasteiger partial charge is 0.360 e. The third kappa shape index (κ3) is 4.87. The number of likely N-dealkylation sites (N-methyl/N-ethyl adjacent to an activating group) is 1. The van der Waals surface area contributed by atoms with Crippen LogP contribution in [0.5, 0.6) is 0 Å². The Hall–Kier alpha value is -2.77. The van der Waals surface area contributed by atoms with Crippen molar-refractivity contribution in [1.82, 2.24) is 15.5 Å². The predicted molar refractivity (Wildman–Crippen MR) is 87.4 cm³/mol. The third-order valence-electron chi connectivity index (χ3n) is 3.43. The van der Waals surface area contributed by atoms with Gasteiger partial charge < -0.3 is 25.8 Å². The topological polar surface area (TPSA) is 93.8 Å². The minimum absolute atomic E-state index is 0.00314. The van der Waals surface area contributed by atoms with Gasteiger partial charge in [0.1, 0.15) is 0 Å². The Morgan fingerprint density at radius 2 is 1.96 bits per heavy atom. The van der Waals surface area contributed by atoms with E-state index in [2.05, 4.69) is 16.0 Å². The van der Waals surface area contributed by atoms with E-state index in [1.165, 1.54) is 4.90 Å². The Balaban J connectivity index is 1.86. The van der Waals surface area contributed by atoms with Crippen LogP contribution in [0.2, 0.25) is 0 Å². The molecule has 0 aliphatic carbocycles. The zero-order chi connectivity index (χ0) is 16.8. The zero-order valence-corrected chi connectivity index (χ0v) is 13.3. The van der Waals surface area contributed by atoms with Gasteiger partial charge in [-0.3, -0.25) is 9.59 Å². The van der Waals surface area contributed by atoms with E-state index in [0.717, 1.165) is 12.2 Å². The van der Waals surface area contributed by atoms with Crippen molar-refractivity contribution >= 4 is 29.2 Å². The van der Waals surface area contributed by atoms with Crippen LogP contribution in [0.25, 0.3) is 0 Å². The molecule has 0 unspecified atom stereocenters. The Morgan fingerprint density at radius 1 is 1.26 bits per heavy atom. The summed E-state index contributed by atoms with van der Waals surface area (Å²) in [4.78, 5) is 37.9. The summed E-state index contributed by atoms with van der Waals surface area (Å²) < 4.78 is 0. The minimum atomic E-state index is -0.440. The first-order valence-corrected chi connectivity index (χ1v) is 7.32. The van der Waals surface area contributed by atoms with E-state index in [-0.39, 0.29) is 18.4 Å². The monoisotopic (exact) mass is 319 g/mol. The van der Waals surface area contributed by atoms with E-state index in [0.29, 0.717) is 18.8 Å². The van der Waals surface area contributed by atoms with Gasteiger partial charge in [0.25, 0.3) is 0 Å². The number of urea groups is 1. The van der Waals surface area contributed by atoms with Crippen LogP contribution >= 0.6 is 0 Å². The van der Waals surface area contributed by atoms with Gasteiger partial charge in [-0.15, -0.1) is 0 Å². The normalized spacial score (nSPS) is 14.0. The molecule has 23 heavy (non-hydrogen) atoms. The average Bonchev–Trinajstić information content (AvgIpc) is 2.53. The number of nitrogens with one attached hydrogen (secondary N) is 3. The molecule has 124 valence electrons. The lowest BCUT2D eigenvalue weighted by Gasteiger charge is -2.28. The molecule has 1 aliphatic rings. The number of hydrogen-bond donors (Lipinski definition) is 3. The van der Waals surface area contributed by atoms with E-state index < -0.39 is 6.03 Å². The van der Waals surface area contributed by atoms with Crippen LogP contribution in [-0.2, 0) is 9.59 Å². The van der Waals surface area contributed by atoms with Gasteiger partial charge in [-0.2, -0.15) is 0 Å². The molecule has 0 saturated carbocycles. The highest BCUT2D eigenvalue weighted by molar-refractivity contribution is 5.92. The summed E-state index contributed by atoms with van der Waals surface area (Å²) in [5.74, 6) is -0.178. The van der Waals surface area contributed by atoms with Gasteiger partial charge in [-0.1, -0.05) is 0 Å². The number of rotatable bonds is 4. The molecular weight excluding hydrogens is 298 g/mol. The molecule has 2 rings (SSSR count). The lowest BCUT2D eigenvalue weighted by atomic mass is 10.2. The summed E-state index contributed by atoms with van der Waals surface area (Å²) in [6.45, 7) is 1.66. The number of nitrogens with zero attached hydrogens (tertiary/aromatic N) is 2. The van der Waals surface area contributed by atoms with Crippen molar-refractivity contribution in [3.05, 3.63) is 24.3 Å². The average molecular weight is 319 g/mol. The molecule has 8 nitrogen and oxygen atoms in total. The number of carbonyl (C=O) groups excluding carboxylic acids is 3. The highest BCUT2D eigenvalue weighted by Crippen LogP contribution is 2.18. The van der Waals surface area contributed by atoms with E-state index in [1.807, 2.05) is 17.0 Å². The van der Waals surface area contributed by atoms with Crippen molar-refractivity contribution in [2.45, 2.75) is 0 Å². The molecule has 1 fully saturated rings. The predicted octanol–water partition coefficient (Wildman–Crippen LogP) is -0.167. The van der Waals surface area contributed by atoms with E-state index in [9.17, 15) is 14.4 Å². The second-order valence-electron chi connectivity index (χ2n) is 5.41. The molecule has 0 radical (unpaired) electrons. The van der Waals surface area contributed by atoms with E-state index >= 15 is 0 Å². The number of benzene rings is 1. The minimum Gasteiger partial charge on any atom is -0.360 e. The molecule has 4 amide bonds. The number of hydrogen-bond acceptors (Lipinski definition) is 4. The fourth-order valence-corrected chi connectivity index (χ4v) is 2.10. The maximum Gasteiger partial charge on any atom is 0.319 e. The van der Waals surface area contributed by atoms with Gasteiger partial charge in [-0.05, 0) is 24.3 Å². The third-order valence-corrected chi connectivity index (χ3v) is 3.43. The summed E-state index contributed by atoms with van der Waals surface area (Å²) in [6.07, 6.45) is 0. The molecule has 3 N–H and O–H groups in total. The SMILES string of the molecule is CN(C)C(=O)CNC(=O)Nc1ccc(N2CCNC(=O)C2)cc1. The number of anilines is 2. The second kappa shape index (κ2) is 7.48. The van der Waals surface area contributed by atoms with Crippen LogP contribution in [0.1, 0.15) is 0 Å². The molecular formula is C15H21N5O3. The first kappa shape index (κ1) is 16.6. The van der Waals surface area contributed by atoms with Crippen LogP contribution in [0.15, 0.2) is 24.3 Å². The first-order chi connectivity index (χ1) is 11.0. The molecule has 1 aliphatic heterocycles. The molecule has 0 atom stereocenters. The molecule has 0 aromatic heterocycles. The summed E-state index contributed by atoms with van der Waals surface area (Å²) in [6, 6.07) is 6.77. The van der Waals surface area contributed by atoms with E-state index in [1.54, 1.807) is 26.2 Å². The van der Waals surface area contributed by atoms with Crippen molar-refractivity contribution in [3.8, 4) is 0 Å². The zero-order valence-electron chi connectivity index (χ0n) is 13.3. The summed E-state index contributed by atoms with van der Waals surface area (Å²) in [5.41, 5.74) is 1.54. The molecule has 8 heteroatoms. The fraction of sp³-hybridized carbons (Fsp3) is 0.400. The van der Waals surface area contributed by atoms with Gasteiger partial charge in [0.05, 0.1) is 13.1 Å². The first-order valence-electron chi connectivity index (χ1n) is 7.32. The quantitative estimate of drug-likeness (QED) is 0.718. The highest BCUT2D eigenvalue weighted by Gasteiger charge is 2.16. The smallest absolute Gasteiger partial charge is 0.319 e. The summed E-state index contributed by atoms with van der Waals surface area (Å²) in [5, 5.41) is 7.92. The van der Waals surface area contributed by atoms with Gasteiger partial charge in [0, 0.05) is 38.6 Å². The lowest BCUT2D eigenvalue weighted by Crippen LogP contribution is -2.47. The molecule has 1 aromatic carbocycles. The van der Waals surface area contributed by atoms with Crippen molar-refractivity contribution in [2.75, 3.05) is 50.5 Å².